The van der Waals surface area contributed by atoms with Crippen LogP contribution in [0.1, 0.15) is 17.7 Å². The first kappa shape index (κ1) is 17.7. The average Bonchev–Trinajstić information content (AvgIpc) is 3.14. The summed E-state index contributed by atoms with van der Waals surface area (Å²) in [6.45, 7) is 5.90. The van der Waals surface area contributed by atoms with Crippen LogP contribution in [0.5, 0.6) is 0 Å². The van der Waals surface area contributed by atoms with Crippen LogP contribution < -0.4 is 5.32 Å². The predicted molar refractivity (Wildman–Crippen MR) is 98.2 cm³/mol. The van der Waals surface area contributed by atoms with Crippen LogP contribution in [-0.2, 0) is 17.8 Å². The molecule has 1 aliphatic heterocycles. The topological polar surface area (TPSA) is 48.7 Å². The van der Waals surface area contributed by atoms with E-state index < -0.39 is 0 Å². The van der Waals surface area contributed by atoms with Gasteiger partial charge < -0.3 is 9.73 Å². The van der Waals surface area contributed by atoms with Gasteiger partial charge in [-0.05, 0) is 30.5 Å². The van der Waals surface area contributed by atoms with Gasteiger partial charge in [-0.2, -0.15) is 0 Å². The fraction of sp³-hybridized carbons (Fsp3) is 0.450. The monoisotopic (exact) mass is 341 g/mol. The van der Waals surface area contributed by atoms with Gasteiger partial charge in [0, 0.05) is 32.7 Å². The number of benzene rings is 1. The number of hydrogen-bond donors (Lipinski definition) is 1. The highest BCUT2D eigenvalue weighted by Gasteiger charge is 2.19. The summed E-state index contributed by atoms with van der Waals surface area (Å²) in [5.41, 5.74) is 1.32. The largest absolute Gasteiger partial charge is 0.468 e. The molecule has 1 N–H and O–H groups in total. The van der Waals surface area contributed by atoms with Gasteiger partial charge in [-0.1, -0.05) is 30.3 Å². The van der Waals surface area contributed by atoms with Gasteiger partial charge in [0.2, 0.25) is 5.91 Å². The molecule has 1 amide bonds. The highest BCUT2D eigenvalue weighted by Crippen LogP contribution is 2.08. The Labute approximate surface area is 149 Å². The van der Waals surface area contributed by atoms with Crippen molar-refractivity contribution in [1.82, 2.24) is 15.1 Å². The minimum atomic E-state index is 0.132. The van der Waals surface area contributed by atoms with Gasteiger partial charge in [0.15, 0.2) is 0 Å². The predicted octanol–water partition coefficient (Wildman–Crippen LogP) is 2.15. The van der Waals surface area contributed by atoms with E-state index in [-0.39, 0.29) is 5.91 Å². The standard InChI is InChI=1S/C20H27N3O2/c24-20(21-10-4-8-18-6-2-1-3-7-18)17-23-13-11-22(12-14-23)16-19-9-5-15-25-19/h1-3,5-7,9,15H,4,8,10-14,16-17H2,(H,21,24). The summed E-state index contributed by atoms with van der Waals surface area (Å²) in [5, 5.41) is 3.04. The lowest BCUT2D eigenvalue weighted by Crippen LogP contribution is -2.49. The number of amides is 1. The van der Waals surface area contributed by atoms with E-state index in [4.69, 9.17) is 4.42 Å². The van der Waals surface area contributed by atoms with Gasteiger partial charge in [0.1, 0.15) is 5.76 Å². The molecular weight excluding hydrogens is 314 g/mol. The van der Waals surface area contributed by atoms with Crippen LogP contribution in [-0.4, -0.2) is 55.0 Å². The lowest BCUT2D eigenvalue weighted by molar-refractivity contribution is -0.122. The molecule has 0 bridgehead atoms. The van der Waals surface area contributed by atoms with E-state index in [2.05, 4.69) is 39.4 Å². The van der Waals surface area contributed by atoms with E-state index in [1.165, 1.54) is 5.56 Å². The Balaban J connectivity index is 1.27. The van der Waals surface area contributed by atoms with Crippen LogP contribution in [0.25, 0.3) is 0 Å². The first-order valence-corrected chi connectivity index (χ1v) is 9.07. The SMILES string of the molecule is O=C(CN1CCN(Cc2ccco2)CC1)NCCCc1ccccc1. The lowest BCUT2D eigenvalue weighted by atomic mass is 10.1. The molecule has 5 heteroatoms. The summed E-state index contributed by atoms with van der Waals surface area (Å²) in [7, 11) is 0. The molecule has 5 nitrogen and oxygen atoms in total. The molecule has 1 fully saturated rings. The molecule has 0 atom stereocenters. The Morgan fingerprint density at radius 2 is 1.76 bits per heavy atom. The molecule has 3 rings (SSSR count). The van der Waals surface area contributed by atoms with Crippen LogP contribution in [0.15, 0.2) is 53.1 Å². The maximum Gasteiger partial charge on any atom is 0.234 e. The number of carbonyl (C=O) groups excluding carboxylic acids is 1. The maximum atomic E-state index is 12.1. The van der Waals surface area contributed by atoms with E-state index in [1.54, 1.807) is 6.26 Å². The van der Waals surface area contributed by atoms with Crippen molar-refractivity contribution in [3.05, 3.63) is 60.1 Å². The van der Waals surface area contributed by atoms with Crippen molar-refractivity contribution < 1.29 is 9.21 Å². The second-order valence-electron chi connectivity index (χ2n) is 6.57. The number of carbonyl (C=O) groups is 1. The van der Waals surface area contributed by atoms with Crippen LogP contribution in [0.2, 0.25) is 0 Å². The third-order valence-corrected chi connectivity index (χ3v) is 4.60. The Morgan fingerprint density at radius 1 is 1.00 bits per heavy atom. The fourth-order valence-corrected chi connectivity index (χ4v) is 3.15. The first-order valence-electron chi connectivity index (χ1n) is 9.07. The number of piperazine rings is 1. The minimum absolute atomic E-state index is 0.132. The third-order valence-electron chi connectivity index (χ3n) is 4.60. The number of nitrogens with one attached hydrogen (secondary N) is 1. The zero-order valence-corrected chi connectivity index (χ0v) is 14.7. The summed E-state index contributed by atoms with van der Waals surface area (Å²) >= 11 is 0. The molecular formula is C20H27N3O2. The van der Waals surface area contributed by atoms with Crippen LogP contribution in [0.3, 0.4) is 0 Å². The van der Waals surface area contributed by atoms with E-state index in [0.29, 0.717) is 6.54 Å². The molecule has 25 heavy (non-hydrogen) atoms. The summed E-state index contributed by atoms with van der Waals surface area (Å²) in [4.78, 5) is 16.7. The van der Waals surface area contributed by atoms with Crippen molar-refractivity contribution in [3.8, 4) is 0 Å². The van der Waals surface area contributed by atoms with Crippen molar-refractivity contribution in [2.75, 3.05) is 39.3 Å². The second-order valence-corrected chi connectivity index (χ2v) is 6.57. The number of rotatable bonds is 8. The zero-order chi connectivity index (χ0) is 17.3. The van der Waals surface area contributed by atoms with Gasteiger partial charge in [0.05, 0.1) is 19.4 Å². The molecule has 2 heterocycles. The maximum absolute atomic E-state index is 12.1. The zero-order valence-electron chi connectivity index (χ0n) is 14.7. The van der Waals surface area contributed by atoms with E-state index >= 15 is 0 Å². The average molecular weight is 341 g/mol. The normalized spacial score (nSPS) is 16.0. The summed E-state index contributed by atoms with van der Waals surface area (Å²) in [5.74, 6) is 1.14. The minimum Gasteiger partial charge on any atom is -0.468 e. The van der Waals surface area contributed by atoms with Crippen molar-refractivity contribution >= 4 is 5.91 Å². The van der Waals surface area contributed by atoms with Crippen LogP contribution in [0, 0.1) is 0 Å². The highest BCUT2D eigenvalue weighted by molar-refractivity contribution is 5.77. The van der Waals surface area contributed by atoms with Crippen LogP contribution in [0.4, 0.5) is 0 Å². The smallest absolute Gasteiger partial charge is 0.234 e. The van der Waals surface area contributed by atoms with Crippen molar-refractivity contribution in [3.63, 3.8) is 0 Å². The van der Waals surface area contributed by atoms with Crippen molar-refractivity contribution in [1.29, 1.82) is 0 Å². The molecule has 2 aromatic rings. The molecule has 1 aromatic carbocycles. The van der Waals surface area contributed by atoms with E-state index in [0.717, 1.165) is 57.9 Å². The van der Waals surface area contributed by atoms with Crippen molar-refractivity contribution in [2.45, 2.75) is 19.4 Å². The van der Waals surface area contributed by atoms with Gasteiger partial charge in [-0.3, -0.25) is 14.6 Å². The number of aryl methyl sites for hydroxylation is 1. The Bertz CT molecular complexity index is 620. The molecule has 0 unspecified atom stereocenters. The molecule has 0 aliphatic carbocycles. The molecule has 1 aliphatic rings. The molecule has 0 spiro atoms. The fourth-order valence-electron chi connectivity index (χ4n) is 3.15. The molecule has 1 saturated heterocycles. The van der Waals surface area contributed by atoms with Gasteiger partial charge in [-0.15, -0.1) is 0 Å². The number of furan rings is 1. The number of hydrogen-bond acceptors (Lipinski definition) is 4. The summed E-state index contributed by atoms with van der Waals surface area (Å²) < 4.78 is 5.40. The van der Waals surface area contributed by atoms with Gasteiger partial charge in [0.25, 0.3) is 0 Å². The first-order chi connectivity index (χ1) is 12.3. The van der Waals surface area contributed by atoms with Gasteiger partial charge >= 0.3 is 0 Å². The van der Waals surface area contributed by atoms with Crippen LogP contribution >= 0.6 is 0 Å². The quantitative estimate of drug-likeness (QED) is 0.748. The van der Waals surface area contributed by atoms with E-state index in [9.17, 15) is 4.79 Å². The molecule has 0 saturated carbocycles. The van der Waals surface area contributed by atoms with Crippen molar-refractivity contribution in [2.24, 2.45) is 0 Å². The summed E-state index contributed by atoms with van der Waals surface area (Å²) in [6, 6.07) is 14.3. The molecule has 134 valence electrons. The summed E-state index contributed by atoms with van der Waals surface area (Å²) in [6.07, 6.45) is 3.70. The number of nitrogens with zero attached hydrogens (tertiary/aromatic N) is 2. The molecule has 1 aromatic heterocycles. The molecule has 0 radical (unpaired) electrons. The third kappa shape index (κ3) is 6.03. The Morgan fingerprint density at radius 3 is 2.48 bits per heavy atom. The highest BCUT2D eigenvalue weighted by atomic mass is 16.3. The Hall–Kier alpha value is -2.11. The van der Waals surface area contributed by atoms with E-state index in [1.807, 2.05) is 18.2 Å². The Kier molecular flexibility index (Phi) is 6.65. The lowest BCUT2D eigenvalue weighted by Gasteiger charge is -2.33. The van der Waals surface area contributed by atoms with Gasteiger partial charge in [-0.25, -0.2) is 0 Å². The second kappa shape index (κ2) is 9.39.